The SMILES string of the molecule is CN1[C@H]2CC[C@]1(C)CC(c1ccc(Cl)c(Cl)c1)C2. The summed E-state index contributed by atoms with van der Waals surface area (Å²) < 4.78 is 0. The van der Waals surface area contributed by atoms with Crippen LogP contribution in [0.1, 0.15) is 44.1 Å². The molecule has 1 nitrogen and oxygen atoms in total. The summed E-state index contributed by atoms with van der Waals surface area (Å²) in [5.74, 6) is 0.633. The van der Waals surface area contributed by atoms with E-state index in [-0.39, 0.29) is 0 Å². The van der Waals surface area contributed by atoms with Crippen molar-refractivity contribution in [2.75, 3.05) is 7.05 Å². The monoisotopic (exact) mass is 283 g/mol. The van der Waals surface area contributed by atoms with Crippen molar-refractivity contribution in [3.8, 4) is 0 Å². The second kappa shape index (κ2) is 4.40. The van der Waals surface area contributed by atoms with E-state index in [1.807, 2.05) is 6.07 Å². The van der Waals surface area contributed by atoms with Crippen molar-refractivity contribution < 1.29 is 0 Å². The summed E-state index contributed by atoms with van der Waals surface area (Å²) in [6.07, 6.45) is 5.15. The van der Waals surface area contributed by atoms with Gasteiger partial charge in [-0.1, -0.05) is 29.3 Å². The number of benzene rings is 1. The molecule has 1 aromatic carbocycles. The number of fused-ring (bicyclic) bond motifs is 2. The Labute approximate surface area is 119 Å². The molecule has 1 aromatic rings. The van der Waals surface area contributed by atoms with Gasteiger partial charge in [0.1, 0.15) is 0 Å². The topological polar surface area (TPSA) is 3.24 Å². The zero-order valence-electron chi connectivity index (χ0n) is 10.9. The van der Waals surface area contributed by atoms with Crippen LogP contribution in [0.15, 0.2) is 18.2 Å². The molecule has 0 N–H and O–H groups in total. The first-order chi connectivity index (χ1) is 8.49. The first-order valence-corrected chi connectivity index (χ1v) is 7.43. The third-order valence-corrected chi connectivity index (χ3v) is 5.81. The zero-order valence-corrected chi connectivity index (χ0v) is 12.4. The lowest BCUT2D eigenvalue weighted by atomic mass is 9.79. The van der Waals surface area contributed by atoms with E-state index in [4.69, 9.17) is 23.2 Å². The van der Waals surface area contributed by atoms with Crippen LogP contribution in [0, 0.1) is 0 Å². The van der Waals surface area contributed by atoms with Gasteiger partial charge in [0.2, 0.25) is 0 Å². The van der Waals surface area contributed by atoms with E-state index in [0.717, 1.165) is 6.04 Å². The predicted molar refractivity (Wildman–Crippen MR) is 77.6 cm³/mol. The lowest BCUT2D eigenvalue weighted by Gasteiger charge is -2.44. The molecule has 2 heterocycles. The average Bonchev–Trinajstić information content (AvgIpc) is 2.52. The van der Waals surface area contributed by atoms with Crippen molar-refractivity contribution in [1.82, 2.24) is 4.90 Å². The van der Waals surface area contributed by atoms with E-state index in [0.29, 0.717) is 21.5 Å². The van der Waals surface area contributed by atoms with Gasteiger partial charge in [-0.3, -0.25) is 4.90 Å². The molecule has 3 atom stereocenters. The molecular weight excluding hydrogens is 265 g/mol. The maximum Gasteiger partial charge on any atom is 0.0595 e. The minimum atomic E-state index is 0.375. The van der Waals surface area contributed by atoms with Gasteiger partial charge in [0, 0.05) is 11.6 Å². The highest BCUT2D eigenvalue weighted by Gasteiger charge is 2.46. The van der Waals surface area contributed by atoms with Crippen LogP contribution in [0.5, 0.6) is 0 Å². The van der Waals surface area contributed by atoms with Crippen LogP contribution in [0.4, 0.5) is 0 Å². The van der Waals surface area contributed by atoms with Crippen LogP contribution >= 0.6 is 23.2 Å². The Morgan fingerprint density at radius 3 is 2.72 bits per heavy atom. The smallest absolute Gasteiger partial charge is 0.0595 e. The normalized spacial score (nSPS) is 36.0. The van der Waals surface area contributed by atoms with Gasteiger partial charge in [-0.25, -0.2) is 0 Å². The summed E-state index contributed by atoms with van der Waals surface area (Å²) >= 11 is 12.1. The molecule has 0 amide bonds. The quantitative estimate of drug-likeness (QED) is 0.721. The summed E-state index contributed by atoms with van der Waals surface area (Å²) in [5, 5.41) is 1.34. The highest BCUT2D eigenvalue weighted by molar-refractivity contribution is 6.42. The fourth-order valence-electron chi connectivity index (χ4n) is 3.77. The van der Waals surface area contributed by atoms with E-state index < -0.39 is 0 Å². The van der Waals surface area contributed by atoms with Gasteiger partial charge in [0.15, 0.2) is 0 Å². The Kier molecular flexibility index (Phi) is 3.12. The lowest BCUT2D eigenvalue weighted by molar-refractivity contribution is 0.0846. The van der Waals surface area contributed by atoms with Crippen molar-refractivity contribution in [3.05, 3.63) is 33.8 Å². The molecule has 0 spiro atoms. The van der Waals surface area contributed by atoms with Gasteiger partial charge in [0.25, 0.3) is 0 Å². The third-order valence-electron chi connectivity index (χ3n) is 5.07. The van der Waals surface area contributed by atoms with Crippen molar-refractivity contribution in [2.45, 2.75) is 50.1 Å². The van der Waals surface area contributed by atoms with Crippen LogP contribution in [-0.2, 0) is 0 Å². The highest BCUT2D eigenvalue weighted by Crippen LogP contribution is 2.48. The summed E-state index contributed by atoms with van der Waals surface area (Å²) in [7, 11) is 2.28. The molecule has 2 saturated heterocycles. The summed E-state index contributed by atoms with van der Waals surface area (Å²) in [6.45, 7) is 2.40. The predicted octanol–water partition coefficient (Wildman–Crippen LogP) is 4.72. The first-order valence-electron chi connectivity index (χ1n) is 6.67. The van der Waals surface area contributed by atoms with Crippen molar-refractivity contribution in [2.24, 2.45) is 0 Å². The number of hydrogen-bond acceptors (Lipinski definition) is 1. The number of rotatable bonds is 1. The molecular formula is C15H19Cl2N. The van der Waals surface area contributed by atoms with Gasteiger partial charge in [0.05, 0.1) is 10.0 Å². The van der Waals surface area contributed by atoms with E-state index in [9.17, 15) is 0 Å². The lowest BCUT2D eigenvalue weighted by Crippen LogP contribution is -2.47. The van der Waals surface area contributed by atoms with E-state index >= 15 is 0 Å². The second-order valence-electron chi connectivity index (χ2n) is 6.11. The fourth-order valence-corrected chi connectivity index (χ4v) is 4.08. The Morgan fingerprint density at radius 1 is 1.28 bits per heavy atom. The molecule has 98 valence electrons. The molecule has 2 fully saturated rings. The molecule has 1 unspecified atom stereocenters. The molecule has 0 radical (unpaired) electrons. The third kappa shape index (κ3) is 1.97. The van der Waals surface area contributed by atoms with Crippen LogP contribution < -0.4 is 0 Å². The van der Waals surface area contributed by atoms with Gasteiger partial charge in [-0.15, -0.1) is 0 Å². The van der Waals surface area contributed by atoms with Crippen LogP contribution in [-0.4, -0.2) is 23.5 Å². The van der Waals surface area contributed by atoms with Crippen LogP contribution in [0.25, 0.3) is 0 Å². The van der Waals surface area contributed by atoms with Gasteiger partial charge < -0.3 is 0 Å². The average molecular weight is 284 g/mol. The standard InChI is InChI=1S/C15H19Cl2N/c1-15-6-5-12(18(15)2)7-11(9-15)10-3-4-13(16)14(17)8-10/h3-4,8,11-12H,5-7,9H2,1-2H3/t11?,12-,15+/m0/s1. The number of hydrogen-bond donors (Lipinski definition) is 0. The summed E-state index contributed by atoms with van der Waals surface area (Å²) in [6, 6.07) is 6.88. The maximum absolute atomic E-state index is 6.14. The highest BCUT2D eigenvalue weighted by atomic mass is 35.5. The molecule has 2 bridgehead atoms. The maximum atomic E-state index is 6.14. The Morgan fingerprint density at radius 2 is 2.06 bits per heavy atom. The molecule has 3 rings (SSSR count). The molecule has 0 saturated carbocycles. The minimum Gasteiger partial charge on any atom is -0.298 e. The molecule has 18 heavy (non-hydrogen) atoms. The van der Waals surface area contributed by atoms with Crippen LogP contribution in [0.2, 0.25) is 10.0 Å². The van der Waals surface area contributed by atoms with Gasteiger partial charge >= 0.3 is 0 Å². The number of nitrogens with zero attached hydrogens (tertiary/aromatic N) is 1. The van der Waals surface area contributed by atoms with Crippen molar-refractivity contribution in [1.29, 1.82) is 0 Å². The van der Waals surface area contributed by atoms with E-state index in [1.54, 1.807) is 0 Å². The summed E-state index contributed by atoms with van der Waals surface area (Å²) in [5.41, 5.74) is 1.73. The first kappa shape index (κ1) is 12.8. The minimum absolute atomic E-state index is 0.375. The largest absolute Gasteiger partial charge is 0.298 e. The fraction of sp³-hybridized carbons (Fsp3) is 0.600. The Bertz CT molecular complexity index is 474. The van der Waals surface area contributed by atoms with E-state index in [2.05, 4.69) is 31.0 Å². The Hall–Kier alpha value is -0.240. The molecule has 0 aliphatic carbocycles. The van der Waals surface area contributed by atoms with Crippen molar-refractivity contribution >= 4 is 23.2 Å². The van der Waals surface area contributed by atoms with Crippen molar-refractivity contribution in [3.63, 3.8) is 0 Å². The summed E-state index contributed by atoms with van der Waals surface area (Å²) in [4.78, 5) is 2.58. The molecule has 2 aliphatic heterocycles. The molecule has 3 heteroatoms. The Balaban J connectivity index is 1.88. The molecule has 0 aromatic heterocycles. The molecule has 2 aliphatic rings. The van der Waals surface area contributed by atoms with Gasteiger partial charge in [-0.05, 0) is 63.3 Å². The van der Waals surface area contributed by atoms with Gasteiger partial charge in [-0.2, -0.15) is 0 Å². The number of piperidine rings is 1. The van der Waals surface area contributed by atoms with E-state index in [1.165, 1.54) is 31.2 Å². The zero-order chi connectivity index (χ0) is 12.9. The van der Waals surface area contributed by atoms with Crippen LogP contribution in [0.3, 0.4) is 0 Å². The number of halogens is 2. The second-order valence-corrected chi connectivity index (χ2v) is 6.93.